The number of nitrogens with one attached hydrogen (secondary N) is 1. The molecular weight excluding hydrogens is 414 g/mol. The first-order valence-electron chi connectivity index (χ1n) is 10.4. The number of hydrogen-bond donors (Lipinski definition) is 2. The van der Waals surface area contributed by atoms with Crippen LogP contribution < -0.4 is 11.1 Å². The summed E-state index contributed by atoms with van der Waals surface area (Å²) in [5.41, 5.74) is 13.0. The van der Waals surface area contributed by atoms with Crippen LogP contribution >= 0.6 is 0 Å². The molecule has 0 saturated carbocycles. The van der Waals surface area contributed by atoms with Crippen LogP contribution in [0.25, 0.3) is 44.3 Å². The zero-order chi connectivity index (χ0) is 23.3. The number of nitrogens with two attached hydrogens (primary N) is 1. The van der Waals surface area contributed by atoms with Gasteiger partial charge in [-0.05, 0) is 42.3 Å². The van der Waals surface area contributed by atoms with E-state index in [1.807, 2.05) is 61.3 Å². The van der Waals surface area contributed by atoms with Gasteiger partial charge in [-0.3, -0.25) is 9.48 Å². The van der Waals surface area contributed by atoms with Crippen molar-refractivity contribution in [1.82, 2.24) is 24.3 Å². The number of nitrogen functional groups attached to an aromatic ring is 1. The highest BCUT2D eigenvalue weighted by Gasteiger charge is 2.22. The number of fused-ring (bicyclic) bond motifs is 2. The molecular formula is C25H23N7O. The fourth-order valence-electron chi connectivity index (χ4n) is 4.15. The molecule has 0 spiro atoms. The molecule has 5 rings (SSSR count). The second-order valence-corrected chi connectivity index (χ2v) is 8.13. The van der Waals surface area contributed by atoms with Crippen LogP contribution in [0.1, 0.15) is 6.92 Å². The summed E-state index contributed by atoms with van der Waals surface area (Å²) in [6, 6.07) is 13.8. The molecule has 33 heavy (non-hydrogen) atoms. The summed E-state index contributed by atoms with van der Waals surface area (Å²) >= 11 is 0. The predicted octanol–water partition coefficient (Wildman–Crippen LogP) is 4.29. The Bertz CT molecular complexity index is 1560. The van der Waals surface area contributed by atoms with Gasteiger partial charge in [0.2, 0.25) is 0 Å². The van der Waals surface area contributed by atoms with E-state index in [-0.39, 0.29) is 5.91 Å². The van der Waals surface area contributed by atoms with Crippen molar-refractivity contribution in [2.75, 3.05) is 11.1 Å². The highest BCUT2D eigenvalue weighted by atomic mass is 16.1. The lowest BCUT2D eigenvalue weighted by atomic mass is 9.97. The van der Waals surface area contributed by atoms with E-state index in [2.05, 4.69) is 33.0 Å². The number of rotatable bonds is 4. The first kappa shape index (κ1) is 20.4. The Morgan fingerprint density at radius 2 is 1.79 bits per heavy atom. The van der Waals surface area contributed by atoms with E-state index in [9.17, 15) is 4.79 Å². The summed E-state index contributed by atoms with van der Waals surface area (Å²) in [5, 5.41) is 9.16. The Hall–Kier alpha value is -4.46. The van der Waals surface area contributed by atoms with Gasteiger partial charge in [0.15, 0.2) is 0 Å². The van der Waals surface area contributed by atoms with Crippen molar-refractivity contribution in [1.29, 1.82) is 0 Å². The van der Waals surface area contributed by atoms with E-state index in [0.717, 1.165) is 44.3 Å². The fourth-order valence-corrected chi connectivity index (χ4v) is 4.15. The van der Waals surface area contributed by atoms with E-state index >= 15 is 0 Å². The Labute approximate surface area is 190 Å². The van der Waals surface area contributed by atoms with Crippen molar-refractivity contribution in [3.63, 3.8) is 0 Å². The average Bonchev–Trinajstić information content (AvgIpc) is 3.31. The minimum absolute atomic E-state index is 0.208. The normalized spacial score (nSPS) is 11.2. The van der Waals surface area contributed by atoms with E-state index in [1.165, 1.54) is 6.33 Å². The molecule has 0 aliphatic rings. The molecule has 5 aromatic rings. The van der Waals surface area contributed by atoms with E-state index < -0.39 is 0 Å². The van der Waals surface area contributed by atoms with Crippen LogP contribution in [-0.4, -0.2) is 30.2 Å². The first-order chi connectivity index (χ1) is 15.8. The second-order valence-electron chi connectivity index (χ2n) is 8.13. The molecule has 3 aromatic heterocycles. The Kier molecular flexibility index (Phi) is 4.70. The maximum atomic E-state index is 12.0. The van der Waals surface area contributed by atoms with Crippen molar-refractivity contribution in [2.24, 2.45) is 14.1 Å². The molecule has 0 bridgehead atoms. The summed E-state index contributed by atoms with van der Waals surface area (Å²) in [6.07, 6.45) is 3.47. The fraction of sp³-hybridized carbons (Fsp3) is 0.120. The zero-order valence-electron chi connectivity index (χ0n) is 18.6. The quantitative estimate of drug-likeness (QED) is 0.408. The van der Waals surface area contributed by atoms with E-state index in [0.29, 0.717) is 17.1 Å². The van der Waals surface area contributed by atoms with Crippen molar-refractivity contribution < 1.29 is 4.79 Å². The molecule has 3 N–H and O–H groups in total. The van der Waals surface area contributed by atoms with Gasteiger partial charge in [-0.1, -0.05) is 24.8 Å². The summed E-state index contributed by atoms with van der Waals surface area (Å²) < 4.78 is 3.82. The molecule has 0 radical (unpaired) electrons. The van der Waals surface area contributed by atoms with E-state index in [4.69, 9.17) is 5.73 Å². The summed E-state index contributed by atoms with van der Waals surface area (Å²) in [5.74, 6) is 0.217. The lowest BCUT2D eigenvalue weighted by molar-refractivity contribution is -0.112. The molecule has 8 heteroatoms. The Balaban J connectivity index is 1.72. The van der Waals surface area contributed by atoms with Gasteiger partial charge in [0, 0.05) is 42.5 Å². The van der Waals surface area contributed by atoms with Crippen LogP contribution in [0.15, 0.2) is 67.1 Å². The first-order valence-corrected chi connectivity index (χ1v) is 10.4. The van der Waals surface area contributed by atoms with Gasteiger partial charge in [-0.25, -0.2) is 9.97 Å². The molecule has 0 atom stereocenters. The van der Waals surface area contributed by atoms with Gasteiger partial charge in [0.1, 0.15) is 17.8 Å². The number of aryl methyl sites for hydroxylation is 2. The summed E-state index contributed by atoms with van der Waals surface area (Å²) in [6.45, 7) is 5.36. The summed E-state index contributed by atoms with van der Waals surface area (Å²) in [4.78, 5) is 20.7. The van der Waals surface area contributed by atoms with Gasteiger partial charge in [-0.2, -0.15) is 5.10 Å². The molecule has 0 aliphatic carbocycles. The van der Waals surface area contributed by atoms with Crippen LogP contribution in [0.5, 0.6) is 0 Å². The van der Waals surface area contributed by atoms with Gasteiger partial charge in [-0.15, -0.1) is 0 Å². The smallest absolute Gasteiger partial charge is 0.250 e. The van der Waals surface area contributed by atoms with Crippen LogP contribution in [0.2, 0.25) is 0 Å². The minimum atomic E-state index is -0.208. The zero-order valence-corrected chi connectivity index (χ0v) is 18.6. The number of nitrogens with zero attached hydrogens (tertiary/aromatic N) is 5. The molecule has 0 fully saturated rings. The van der Waals surface area contributed by atoms with Gasteiger partial charge in [0.25, 0.3) is 5.91 Å². The van der Waals surface area contributed by atoms with Crippen LogP contribution in [0.3, 0.4) is 0 Å². The average molecular weight is 438 g/mol. The SMILES string of the molecule is C=C(C)C(=O)Nc1ccc(-c2c(-c3ccc4nn(C)cc4c3)c3c(N)ncnc3n2C)cc1. The monoisotopic (exact) mass is 437 g/mol. The Morgan fingerprint density at radius 3 is 2.52 bits per heavy atom. The summed E-state index contributed by atoms with van der Waals surface area (Å²) in [7, 11) is 3.87. The van der Waals surface area contributed by atoms with Crippen LogP contribution in [-0.2, 0) is 18.9 Å². The minimum Gasteiger partial charge on any atom is -0.383 e. The van der Waals surface area contributed by atoms with Crippen molar-refractivity contribution in [2.45, 2.75) is 6.92 Å². The lowest BCUT2D eigenvalue weighted by Gasteiger charge is -2.11. The van der Waals surface area contributed by atoms with Crippen molar-refractivity contribution in [3.05, 3.63) is 67.1 Å². The van der Waals surface area contributed by atoms with E-state index in [1.54, 1.807) is 11.6 Å². The van der Waals surface area contributed by atoms with Crippen molar-refractivity contribution >= 4 is 39.3 Å². The Morgan fingerprint density at radius 1 is 1.06 bits per heavy atom. The third-order valence-electron chi connectivity index (χ3n) is 5.71. The number of amides is 1. The molecule has 0 aliphatic heterocycles. The number of hydrogen-bond acceptors (Lipinski definition) is 5. The maximum absolute atomic E-state index is 12.0. The predicted molar refractivity (Wildman–Crippen MR) is 132 cm³/mol. The highest BCUT2D eigenvalue weighted by molar-refractivity contribution is 6.09. The molecule has 8 nitrogen and oxygen atoms in total. The number of benzene rings is 2. The second kappa shape index (κ2) is 7.59. The van der Waals surface area contributed by atoms with Gasteiger partial charge < -0.3 is 15.6 Å². The number of carbonyl (C=O) groups excluding carboxylic acids is 1. The van der Waals surface area contributed by atoms with Gasteiger partial charge in [0.05, 0.1) is 16.6 Å². The largest absolute Gasteiger partial charge is 0.383 e. The van der Waals surface area contributed by atoms with Crippen LogP contribution in [0.4, 0.5) is 11.5 Å². The molecule has 1 amide bonds. The third-order valence-corrected chi connectivity index (χ3v) is 5.71. The van der Waals surface area contributed by atoms with Gasteiger partial charge >= 0.3 is 0 Å². The molecule has 0 unspecified atom stereocenters. The molecule has 3 heterocycles. The number of carbonyl (C=O) groups is 1. The molecule has 0 saturated heterocycles. The maximum Gasteiger partial charge on any atom is 0.250 e. The lowest BCUT2D eigenvalue weighted by Crippen LogP contribution is -2.11. The highest BCUT2D eigenvalue weighted by Crippen LogP contribution is 2.42. The van der Waals surface area contributed by atoms with Crippen molar-refractivity contribution in [3.8, 4) is 22.4 Å². The number of aromatic nitrogens is 5. The third kappa shape index (κ3) is 3.41. The molecule has 2 aromatic carbocycles. The topological polar surface area (TPSA) is 104 Å². The number of anilines is 2. The van der Waals surface area contributed by atoms with Crippen LogP contribution in [0, 0.1) is 0 Å². The molecule has 164 valence electrons. The standard InChI is InChI=1S/C25H23N7O/c1-14(2)25(33)29-18-8-5-15(6-9-18)22-20(21-23(26)27-13-28-24(21)32(22)4)16-7-10-19-17(11-16)12-31(3)30-19/h5-13H,1H2,2-4H3,(H,29,33)(H2,26,27,28).